The van der Waals surface area contributed by atoms with Crippen LogP contribution in [0, 0.1) is 0 Å². The summed E-state index contributed by atoms with van der Waals surface area (Å²) in [5.74, 6) is -2.82. The molecule has 0 saturated carbocycles. The highest BCUT2D eigenvalue weighted by Crippen LogP contribution is 2.21. The molecule has 0 aromatic heterocycles. The van der Waals surface area contributed by atoms with Crippen LogP contribution in [0.3, 0.4) is 0 Å². The van der Waals surface area contributed by atoms with Crippen molar-refractivity contribution in [3.8, 4) is 0 Å². The number of methoxy groups -OCH3 is 2. The molecule has 0 spiro atoms. The zero-order valence-electron chi connectivity index (χ0n) is 14.3. The number of carboxylic acids is 1. The summed E-state index contributed by atoms with van der Waals surface area (Å²) in [7, 11) is -1.96. The Labute approximate surface area is 154 Å². The standard InChI is InChI=1S/C17H15NO8S/c1-25-16(21)11-7-12(17(22)26-2)9-14(8-11)27(23,24)18-13-5-3-10(4-6-13)15(19)20/h3-9,18H,1-2H3,(H,19,20). The van der Waals surface area contributed by atoms with Gasteiger partial charge in [0.1, 0.15) is 0 Å². The van der Waals surface area contributed by atoms with E-state index >= 15 is 0 Å². The maximum Gasteiger partial charge on any atom is 0.337 e. The lowest BCUT2D eigenvalue weighted by molar-refractivity contribution is 0.0596. The molecule has 2 aromatic carbocycles. The molecule has 0 heterocycles. The lowest BCUT2D eigenvalue weighted by Gasteiger charge is -2.11. The SMILES string of the molecule is COC(=O)c1cc(C(=O)OC)cc(S(=O)(=O)Nc2ccc(C(=O)O)cc2)c1. The minimum atomic E-state index is -4.19. The number of aromatic carboxylic acids is 1. The molecule has 2 N–H and O–H groups in total. The highest BCUT2D eigenvalue weighted by molar-refractivity contribution is 7.92. The lowest BCUT2D eigenvalue weighted by atomic mass is 10.1. The molecule has 0 radical (unpaired) electrons. The summed E-state index contributed by atoms with van der Waals surface area (Å²) < 4.78 is 36.6. The first-order chi connectivity index (χ1) is 12.7. The predicted molar refractivity (Wildman–Crippen MR) is 93.3 cm³/mol. The van der Waals surface area contributed by atoms with E-state index in [2.05, 4.69) is 14.2 Å². The van der Waals surface area contributed by atoms with E-state index in [4.69, 9.17) is 5.11 Å². The molecule has 0 aliphatic heterocycles. The van der Waals surface area contributed by atoms with Gasteiger partial charge in [0.2, 0.25) is 0 Å². The normalized spacial score (nSPS) is 10.7. The molecule has 10 heteroatoms. The Balaban J connectivity index is 2.45. The number of hydrogen-bond acceptors (Lipinski definition) is 7. The number of benzene rings is 2. The van der Waals surface area contributed by atoms with Crippen molar-refractivity contribution in [2.45, 2.75) is 4.90 Å². The molecule has 2 rings (SSSR count). The number of ether oxygens (including phenoxy) is 2. The molecule has 27 heavy (non-hydrogen) atoms. The van der Waals surface area contributed by atoms with Crippen molar-refractivity contribution < 1.29 is 37.4 Å². The first-order valence-corrected chi connectivity index (χ1v) is 8.84. The summed E-state index contributed by atoms with van der Waals surface area (Å²) in [4.78, 5) is 34.0. The van der Waals surface area contributed by atoms with Gasteiger partial charge in [0, 0.05) is 5.69 Å². The van der Waals surface area contributed by atoms with Crippen molar-refractivity contribution in [2.75, 3.05) is 18.9 Å². The molecular weight excluding hydrogens is 378 g/mol. The first kappa shape index (κ1) is 19.9. The number of hydrogen-bond donors (Lipinski definition) is 2. The van der Waals surface area contributed by atoms with E-state index in [1.54, 1.807) is 0 Å². The van der Waals surface area contributed by atoms with Crippen molar-refractivity contribution in [3.05, 3.63) is 59.2 Å². The maximum atomic E-state index is 12.6. The Kier molecular flexibility index (Phi) is 5.81. The van der Waals surface area contributed by atoms with Crippen molar-refractivity contribution in [3.63, 3.8) is 0 Å². The number of esters is 2. The Morgan fingerprint density at radius 1 is 0.852 bits per heavy atom. The van der Waals surface area contributed by atoms with Gasteiger partial charge in [-0.1, -0.05) is 0 Å². The van der Waals surface area contributed by atoms with E-state index in [0.717, 1.165) is 32.4 Å². The molecular formula is C17H15NO8S. The van der Waals surface area contributed by atoms with Crippen LogP contribution >= 0.6 is 0 Å². The number of carbonyl (C=O) groups is 3. The van der Waals surface area contributed by atoms with Gasteiger partial charge in [0.25, 0.3) is 10.0 Å². The third-order valence-corrected chi connectivity index (χ3v) is 4.80. The second kappa shape index (κ2) is 7.87. The smallest absolute Gasteiger partial charge is 0.337 e. The maximum absolute atomic E-state index is 12.6. The first-order valence-electron chi connectivity index (χ1n) is 7.36. The van der Waals surface area contributed by atoms with Gasteiger partial charge in [-0.2, -0.15) is 0 Å². The van der Waals surface area contributed by atoms with E-state index in [9.17, 15) is 22.8 Å². The van der Waals surface area contributed by atoms with Gasteiger partial charge < -0.3 is 14.6 Å². The van der Waals surface area contributed by atoms with Crippen LogP contribution in [-0.2, 0) is 19.5 Å². The molecule has 0 aliphatic carbocycles. The summed E-state index contributed by atoms with van der Waals surface area (Å²) >= 11 is 0. The number of carboxylic acid groups (broad SMARTS) is 1. The van der Waals surface area contributed by atoms with E-state index < -0.39 is 27.9 Å². The van der Waals surface area contributed by atoms with Crippen LogP contribution in [0.4, 0.5) is 5.69 Å². The van der Waals surface area contributed by atoms with Crippen LogP contribution in [0.1, 0.15) is 31.1 Å². The molecule has 0 saturated heterocycles. The average Bonchev–Trinajstić information content (AvgIpc) is 2.66. The van der Waals surface area contributed by atoms with Gasteiger partial charge >= 0.3 is 17.9 Å². The van der Waals surface area contributed by atoms with Crippen LogP contribution in [0.2, 0.25) is 0 Å². The monoisotopic (exact) mass is 393 g/mol. The Bertz CT molecular complexity index is 962. The summed E-state index contributed by atoms with van der Waals surface area (Å²) in [6, 6.07) is 8.24. The fourth-order valence-electron chi connectivity index (χ4n) is 2.12. The van der Waals surface area contributed by atoms with Crippen molar-refractivity contribution in [1.29, 1.82) is 0 Å². The van der Waals surface area contributed by atoms with Crippen molar-refractivity contribution in [2.24, 2.45) is 0 Å². The fraction of sp³-hybridized carbons (Fsp3) is 0.118. The van der Waals surface area contributed by atoms with Crippen molar-refractivity contribution in [1.82, 2.24) is 0 Å². The Morgan fingerprint density at radius 2 is 1.33 bits per heavy atom. The fourth-order valence-corrected chi connectivity index (χ4v) is 3.25. The minimum Gasteiger partial charge on any atom is -0.478 e. The van der Waals surface area contributed by atoms with E-state index in [-0.39, 0.29) is 27.3 Å². The number of anilines is 1. The zero-order chi connectivity index (χ0) is 20.2. The van der Waals surface area contributed by atoms with Gasteiger partial charge in [-0.15, -0.1) is 0 Å². The van der Waals surface area contributed by atoms with Gasteiger partial charge in [0.15, 0.2) is 0 Å². The average molecular weight is 393 g/mol. The molecule has 142 valence electrons. The topological polar surface area (TPSA) is 136 Å². The summed E-state index contributed by atoms with van der Waals surface area (Å²) in [6.45, 7) is 0. The molecule has 0 unspecified atom stereocenters. The number of carbonyl (C=O) groups excluding carboxylic acids is 2. The highest BCUT2D eigenvalue weighted by atomic mass is 32.2. The van der Waals surface area contributed by atoms with E-state index in [1.165, 1.54) is 24.3 Å². The van der Waals surface area contributed by atoms with E-state index in [0.29, 0.717) is 0 Å². The van der Waals surface area contributed by atoms with Crippen molar-refractivity contribution >= 4 is 33.6 Å². The molecule has 0 bridgehead atoms. The molecule has 0 atom stereocenters. The number of nitrogens with one attached hydrogen (secondary N) is 1. The minimum absolute atomic E-state index is 0.0152. The predicted octanol–water partition coefficient (Wildman–Crippen LogP) is 1.76. The molecule has 9 nitrogen and oxygen atoms in total. The molecule has 0 amide bonds. The quantitative estimate of drug-likeness (QED) is 0.709. The second-order valence-corrected chi connectivity index (χ2v) is 6.90. The third-order valence-electron chi connectivity index (χ3n) is 3.44. The van der Waals surface area contributed by atoms with E-state index in [1.807, 2.05) is 0 Å². The number of sulfonamides is 1. The zero-order valence-corrected chi connectivity index (χ0v) is 15.1. The second-order valence-electron chi connectivity index (χ2n) is 5.22. The van der Waals surface area contributed by atoms with Gasteiger partial charge in [-0.25, -0.2) is 22.8 Å². The Morgan fingerprint density at radius 3 is 1.74 bits per heavy atom. The lowest BCUT2D eigenvalue weighted by Crippen LogP contribution is -2.16. The summed E-state index contributed by atoms with van der Waals surface area (Å²) in [6.07, 6.45) is 0. The van der Waals surface area contributed by atoms with Crippen LogP contribution < -0.4 is 4.72 Å². The van der Waals surface area contributed by atoms with Gasteiger partial charge in [-0.05, 0) is 42.5 Å². The molecule has 2 aromatic rings. The summed E-state index contributed by atoms with van der Waals surface area (Å²) in [5, 5.41) is 8.87. The van der Waals surface area contributed by atoms with Gasteiger partial charge in [0.05, 0.1) is 35.8 Å². The Hall–Kier alpha value is -3.40. The van der Waals surface area contributed by atoms with Crippen LogP contribution in [0.15, 0.2) is 47.4 Å². The highest BCUT2D eigenvalue weighted by Gasteiger charge is 2.21. The summed E-state index contributed by atoms with van der Waals surface area (Å²) in [5.41, 5.74) is -0.217. The van der Waals surface area contributed by atoms with Crippen LogP contribution in [0.25, 0.3) is 0 Å². The van der Waals surface area contributed by atoms with Gasteiger partial charge in [-0.3, -0.25) is 4.72 Å². The molecule has 0 fully saturated rings. The van der Waals surface area contributed by atoms with Crippen LogP contribution in [-0.4, -0.2) is 45.7 Å². The third kappa shape index (κ3) is 4.61. The van der Waals surface area contributed by atoms with Crippen LogP contribution in [0.5, 0.6) is 0 Å². The number of rotatable bonds is 6. The molecule has 0 aliphatic rings. The largest absolute Gasteiger partial charge is 0.478 e.